The zero-order valence-corrected chi connectivity index (χ0v) is 37.1. The second-order valence-electron chi connectivity index (χ2n) is 16.1. The monoisotopic (exact) mass is 807 g/mol. The van der Waals surface area contributed by atoms with Gasteiger partial charge in [0, 0.05) is 39.1 Å². The van der Waals surface area contributed by atoms with Crippen molar-refractivity contribution in [1.29, 1.82) is 0 Å². The summed E-state index contributed by atoms with van der Waals surface area (Å²) in [6.07, 6.45) is 35.4. The van der Waals surface area contributed by atoms with Crippen LogP contribution in [0.2, 0.25) is 0 Å². The number of likely N-dealkylation sites (N-methyl/N-ethyl adjacent to an activating group) is 1. The van der Waals surface area contributed by atoms with E-state index in [9.17, 15) is 14.4 Å². The van der Waals surface area contributed by atoms with Crippen molar-refractivity contribution in [3.8, 4) is 0 Å². The average Bonchev–Trinajstić information content (AvgIpc) is 3.19. The van der Waals surface area contributed by atoms with Crippen LogP contribution in [0, 0.1) is 5.92 Å². The number of nitrogens with zero attached hydrogens (tertiary/aromatic N) is 1. The fourth-order valence-electron chi connectivity index (χ4n) is 6.63. The molecule has 0 bridgehead atoms. The minimum Gasteiger partial charge on any atom is -0.465 e. The summed E-state index contributed by atoms with van der Waals surface area (Å²) in [5, 5.41) is 2.85. The molecule has 1 rings (SSSR count). The molecule has 1 aliphatic heterocycles. The molecular weight excluding hydrogens is 721 g/mol. The summed E-state index contributed by atoms with van der Waals surface area (Å²) in [4.78, 5) is 40.0. The lowest BCUT2D eigenvalue weighted by Crippen LogP contribution is -2.57. The first-order valence-electron chi connectivity index (χ1n) is 23.3. The van der Waals surface area contributed by atoms with Gasteiger partial charge in [-0.2, -0.15) is 0 Å². The Labute approximate surface area is 349 Å². The summed E-state index contributed by atoms with van der Waals surface area (Å²) >= 11 is 0. The lowest BCUT2D eigenvalue weighted by atomic mass is 10.1. The van der Waals surface area contributed by atoms with Gasteiger partial charge in [0.2, 0.25) is 0 Å². The van der Waals surface area contributed by atoms with Crippen LogP contribution in [0.4, 0.5) is 4.79 Å². The van der Waals surface area contributed by atoms with E-state index in [0.717, 1.165) is 83.7 Å². The van der Waals surface area contributed by atoms with Crippen LogP contribution in [0.5, 0.6) is 0 Å². The molecule has 332 valence electrons. The van der Waals surface area contributed by atoms with Crippen LogP contribution in [0.15, 0.2) is 24.3 Å². The van der Waals surface area contributed by atoms with Gasteiger partial charge in [0.05, 0.1) is 18.4 Å². The summed E-state index contributed by atoms with van der Waals surface area (Å²) in [6.45, 7) is 9.41. The fourth-order valence-corrected chi connectivity index (χ4v) is 6.63. The van der Waals surface area contributed by atoms with Crippen molar-refractivity contribution in [2.75, 3.05) is 53.2 Å². The number of nitrogens with one attached hydrogen (secondary N) is 1. The van der Waals surface area contributed by atoms with Crippen molar-refractivity contribution >= 4 is 18.0 Å². The molecule has 0 spiro atoms. The smallest absolute Gasteiger partial charge is 0.407 e. The lowest BCUT2D eigenvalue weighted by molar-refractivity contribution is -0.161. The van der Waals surface area contributed by atoms with E-state index < -0.39 is 18.3 Å². The first-order valence-corrected chi connectivity index (χ1v) is 23.3. The molecule has 10 heteroatoms. The van der Waals surface area contributed by atoms with Crippen molar-refractivity contribution in [2.45, 2.75) is 200 Å². The van der Waals surface area contributed by atoms with Gasteiger partial charge in [-0.1, -0.05) is 141 Å². The van der Waals surface area contributed by atoms with Gasteiger partial charge in [-0.25, -0.2) is 4.79 Å². The highest BCUT2D eigenvalue weighted by molar-refractivity contribution is 5.70. The quantitative estimate of drug-likeness (QED) is 0.0213. The molecule has 1 heterocycles. The predicted octanol–water partition coefficient (Wildman–Crippen LogP) is 11.4. The largest absolute Gasteiger partial charge is 0.465 e. The number of rotatable bonds is 40. The van der Waals surface area contributed by atoms with Crippen LogP contribution in [0.1, 0.15) is 188 Å². The van der Waals surface area contributed by atoms with Crippen molar-refractivity contribution in [3.63, 3.8) is 0 Å². The van der Waals surface area contributed by atoms with E-state index in [-0.39, 0.29) is 44.2 Å². The zero-order valence-electron chi connectivity index (χ0n) is 37.1. The third kappa shape index (κ3) is 34.2. The molecule has 10 nitrogen and oxygen atoms in total. The second-order valence-corrected chi connectivity index (χ2v) is 16.1. The Morgan fingerprint density at radius 1 is 0.579 bits per heavy atom. The van der Waals surface area contributed by atoms with Gasteiger partial charge >= 0.3 is 18.0 Å². The molecule has 1 amide bonds. The number of amides is 1. The topological polar surface area (TPSA) is 113 Å². The van der Waals surface area contributed by atoms with Gasteiger partial charge in [-0.05, 0) is 58.4 Å². The molecule has 1 saturated heterocycles. The van der Waals surface area contributed by atoms with Crippen molar-refractivity contribution in [3.05, 3.63) is 24.3 Å². The third-order valence-electron chi connectivity index (χ3n) is 10.3. The Hall–Kier alpha value is -2.43. The number of alkyl carbamates (subject to hydrolysis) is 1. The molecule has 0 aromatic rings. The van der Waals surface area contributed by atoms with Crippen molar-refractivity contribution in [1.82, 2.24) is 10.2 Å². The summed E-state index contributed by atoms with van der Waals surface area (Å²) in [6, 6.07) is 0.0555. The van der Waals surface area contributed by atoms with Crippen LogP contribution >= 0.6 is 0 Å². The Balaban J connectivity index is 2.45. The highest BCUT2D eigenvalue weighted by atomic mass is 16.7. The Morgan fingerprint density at radius 2 is 1.04 bits per heavy atom. The van der Waals surface area contributed by atoms with Crippen molar-refractivity contribution in [2.24, 2.45) is 5.92 Å². The molecule has 0 aromatic carbocycles. The predicted molar refractivity (Wildman–Crippen MR) is 232 cm³/mol. The van der Waals surface area contributed by atoms with Gasteiger partial charge < -0.3 is 33.9 Å². The van der Waals surface area contributed by atoms with Gasteiger partial charge in [0.15, 0.2) is 6.29 Å². The third-order valence-corrected chi connectivity index (χ3v) is 10.3. The van der Waals surface area contributed by atoms with Gasteiger partial charge in [-0.15, -0.1) is 0 Å². The molecule has 1 unspecified atom stereocenters. The van der Waals surface area contributed by atoms with Crippen LogP contribution < -0.4 is 5.32 Å². The summed E-state index contributed by atoms with van der Waals surface area (Å²) in [5.74, 6) is -1.14. The zero-order chi connectivity index (χ0) is 41.4. The molecule has 0 radical (unpaired) electrons. The van der Waals surface area contributed by atoms with Gasteiger partial charge in [-0.3, -0.25) is 9.59 Å². The number of likely N-dealkylation sites (tertiary alicyclic amines) is 1. The first-order chi connectivity index (χ1) is 27.9. The molecule has 57 heavy (non-hydrogen) atoms. The van der Waals surface area contributed by atoms with E-state index in [1.54, 1.807) is 0 Å². The number of hydrogen-bond acceptors (Lipinski definition) is 9. The highest BCUT2D eigenvalue weighted by Gasteiger charge is 2.26. The SMILES string of the molecule is CCCCC/C=C\C/C=C\CCCCCCCC(=O)OCC(COC(=O)CCC(OCCCCCCCC)OCCCCCCCC)COC(=O)NC1CN(C)C1. The second kappa shape index (κ2) is 39.1. The summed E-state index contributed by atoms with van der Waals surface area (Å²) < 4.78 is 28.9. The lowest BCUT2D eigenvalue weighted by Gasteiger charge is -2.36. The Morgan fingerprint density at radius 3 is 1.60 bits per heavy atom. The van der Waals surface area contributed by atoms with E-state index >= 15 is 0 Å². The fraction of sp³-hybridized carbons (Fsp3) is 0.851. The minimum absolute atomic E-state index is 0.0111. The molecule has 1 fully saturated rings. The molecule has 1 N–H and O–H groups in total. The molecule has 0 saturated carbocycles. The normalized spacial score (nSPS) is 14.1. The number of ether oxygens (including phenoxy) is 5. The summed E-state index contributed by atoms with van der Waals surface area (Å²) in [7, 11) is 1.99. The van der Waals surface area contributed by atoms with Crippen LogP contribution in [0.25, 0.3) is 0 Å². The number of carbonyl (C=O) groups excluding carboxylic acids is 3. The van der Waals surface area contributed by atoms with Crippen molar-refractivity contribution < 1.29 is 38.1 Å². The maximum absolute atomic E-state index is 12.9. The van der Waals surface area contributed by atoms with Gasteiger partial charge in [0.25, 0.3) is 0 Å². The maximum atomic E-state index is 12.9. The van der Waals surface area contributed by atoms with Crippen LogP contribution in [-0.4, -0.2) is 88.4 Å². The number of hydrogen-bond donors (Lipinski definition) is 1. The minimum atomic E-state index is -0.520. The maximum Gasteiger partial charge on any atom is 0.407 e. The van der Waals surface area contributed by atoms with E-state index in [4.69, 9.17) is 23.7 Å². The molecular formula is C47H86N2O8. The molecule has 0 aliphatic carbocycles. The molecule has 1 aliphatic rings. The van der Waals surface area contributed by atoms with Gasteiger partial charge in [0.1, 0.15) is 19.8 Å². The first kappa shape index (κ1) is 52.6. The number of unbranched alkanes of at least 4 members (excludes halogenated alkanes) is 18. The van der Waals surface area contributed by atoms with E-state index in [0.29, 0.717) is 26.1 Å². The number of allylic oxidation sites excluding steroid dienone is 4. The van der Waals surface area contributed by atoms with Crippen LogP contribution in [-0.2, 0) is 33.3 Å². The molecule has 1 atom stereocenters. The van der Waals surface area contributed by atoms with E-state index in [1.165, 1.54) is 77.0 Å². The standard InChI is InChI=1S/C47H86N2O8/c1-5-8-11-14-17-18-19-20-21-22-23-24-25-26-29-32-44(50)55-39-42(41-57-47(52)48-43-37-49(4)38-43)40-56-45(51)33-34-46(53-35-30-27-15-12-9-6-2)54-36-31-28-16-13-10-7-3/h17-18,20-21,42-43,46H,5-16,19,22-41H2,1-4H3,(H,48,52)/b18-17-,21-20-. The van der Waals surface area contributed by atoms with Crippen LogP contribution in [0.3, 0.4) is 0 Å². The van der Waals surface area contributed by atoms with E-state index in [2.05, 4.69) is 55.3 Å². The highest BCUT2D eigenvalue weighted by Crippen LogP contribution is 2.14. The number of esters is 2. The Kier molecular flexibility index (Phi) is 36.0. The average molecular weight is 807 g/mol. The molecule has 0 aromatic heterocycles. The summed E-state index contributed by atoms with van der Waals surface area (Å²) in [5.41, 5.74) is 0. The number of carbonyl (C=O) groups is 3. The Bertz CT molecular complexity index is 997. The van der Waals surface area contributed by atoms with E-state index in [1.807, 2.05) is 7.05 Å².